The Morgan fingerprint density at radius 2 is 1.44 bits per heavy atom. The molecule has 0 fully saturated rings. The average Bonchev–Trinajstić information content (AvgIpc) is 2.94. The summed E-state index contributed by atoms with van der Waals surface area (Å²) in [4.78, 5) is 30.1. The number of benzene rings is 4. The van der Waals surface area contributed by atoms with Gasteiger partial charge in [0, 0.05) is 9.79 Å². The van der Waals surface area contributed by atoms with Crippen LogP contribution in [0.3, 0.4) is 0 Å². The molecule has 1 amide bonds. The lowest BCUT2D eigenvalue weighted by atomic mass is 9.87. The minimum atomic E-state index is -4.03. The van der Waals surface area contributed by atoms with Gasteiger partial charge in [0.05, 0.1) is 27.5 Å². The fourth-order valence-corrected chi connectivity index (χ4v) is 6.96. The van der Waals surface area contributed by atoms with Gasteiger partial charge in [-0.3, -0.25) is 14.4 Å². The first-order valence-corrected chi connectivity index (χ1v) is 15.3. The highest BCUT2D eigenvalue weighted by Gasteiger charge is 2.29. The van der Waals surface area contributed by atoms with E-state index < -0.39 is 28.5 Å². The quantitative estimate of drug-likeness (QED) is 0.243. The summed E-state index contributed by atoms with van der Waals surface area (Å²) in [6.45, 7) is 7.22. The molecule has 4 aromatic rings. The van der Waals surface area contributed by atoms with Gasteiger partial charge in [0.25, 0.3) is 15.9 Å². The number of fused-ring (bicyclic) bond motifs is 2. The lowest BCUT2D eigenvalue weighted by Gasteiger charge is -2.30. The molecule has 4 aromatic carbocycles. The summed E-state index contributed by atoms with van der Waals surface area (Å²) < 4.78 is 34.9. The molecule has 0 spiro atoms. The van der Waals surface area contributed by atoms with Crippen LogP contribution in [0.25, 0.3) is 0 Å². The second kappa shape index (κ2) is 11.1. The van der Waals surface area contributed by atoms with Gasteiger partial charge in [-0.05, 0) is 65.9 Å². The maximum Gasteiger partial charge on any atom is 0.340 e. The van der Waals surface area contributed by atoms with Crippen LogP contribution in [0, 0.1) is 6.92 Å². The molecule has 0 saturated heterocycles. The molecule has 0 bridgehead atoms. The van der Waals surface area contributed by atoms with Gasteiger partial charge >= 0.3 is 5.97 Å². The maximum absolute atomic E-state index is 13.5. The lowest BCUT2D eigenvalue weighted by molar-refractivity contribution is -0.121. The molecule has 210 valence electrons. The number of amides is 1. The second-order valence-corrected chi connectivity index (χ2v) is 13.5. The molecule has 5 rings (SSSR count). The van der Waals surface area contributed by atoms with Crippen molar-refractivity contribution in [3.8, 4) is 0 Å². The zero-order valence-electron chi connectivity index (χ0n) is 23.2. The normalized spacial score (nSPS) is 12.7. The van der Waals surface area contributed by atoms with Crippen LogP contribution >= 0.6 is 11.8 Å². The predicted molar refractivity (Wildman–Crippen MR) is 162 cm³/mol. The SMILES string of the molecule is Cc1ccc(C(C)(C)C)cc1S(=O)(=O)Nc1ccccc1C(=O)OCC(=O)N1c2ccccc2Sc2ccccc21. The van der Waals surface area contributed by atoms with E-state index in [1.807, 2.05) is 75.4 Å². The van der Waals surface area contributed by atoms with Crippen LogP contribution in [-0.2, 0) is 25.0 Å². The van der Waals surface area contributed by atoms with Gasteiger partial charge in [-0.1, -0.05) is 81.1 Å². The number of hydrogen-bond donors (Lipinski definition) is 1. The van der Waals surface area contributed by atoms with Gasteiger partial charge in [-0.25, -0.2) is 13.2 Å². The number of sulfonamides is 1. The van der Waals surface area contributed by atoms with Crippen LogP contribution in [-0.4, -0.2) is 26.9 Å². The van der Waals surface area contributed by atoms with E-state index in [-0.39, 0.29) is 21.6 Å². The Hall–Kier alpha value is -4.08. The number of hydrogen-bond acceptors (Lipinski definition) is 6. The number of esters is 1. The lowest BCUT2D eigenvalue weighted by Crippen LogP contribution is -2.32. The number of anilines is 3. The van der Waals surface area contributed by atoms with E-state index in [9.17, 15) is 18.0 Å². The molecule has 0 saturated carbocycles. The number of nitrogens with zero attached hydrogens (tertiary/aromatic N) is 1. The van der Waals surface area contributed by atoms with Crippen molar-refractivity contribution in [3.05, 3.63) is 108 Å². The highest BCUT2D eigenvalue weighted by molar-refractivity contribution is 7.99. The van der Waals surface area contributed by atoms with Crippen molar-refractivity contribution in [3.63, 3.8) is 0 Å². The average molecular weight is 587 g/mol. The topological polar surface area (TPSA) is 92.8 Å². The van der Waals surface area contributed by atoms with Crippen LogP contribution in [0.2, 0.25) is 0 Å². The van der Waals surface area contributed by atoms with E-state index >= 15 is 0 Å². The largest absolute Gasteiger partial charge is 0.452 e. The molecular weight excluding hydrogens is 556 g/mol. The fourth-order valence-electron chi connectivity index (χ4n) is 4.55. The van der Waals surface area contributed by atoms with E-state index in [4.69, 9.17) is 4.74 Å². The third-order valence-electron chi connectivity index (χ3n) is 6.74. The van der Waals surface area contributed by atoms with Crippen molar-refractivity contribution in [1.29, 1.82) is 0 Å². The first-order chi connectivity index (χ1) is 19.5. The molecule has 0 radical (unpaired) electrons. The monoisotopic (exact) mass is 586 g/mol. The Kier molecular flexibility index (Phi) is 7.68. The molecule has 0 unspecified atom stereocenters. The number of para-hydroxylation sites is 3. The summed E-state index contributed by atoms with van der Waals surface area (Å²) in [5.74, 6) is -1.24. The number of ether oxygens (including phenoxy) is 1. The summed E-state index contributed by atoms with van der Waals surface area (Å²) in [6, 6.07) is 26.6. The van der Waals surface area contributed by atoms with Crippen molar-refractivity contribution < 1.29 is 22.7 Å². The number of nitrogens with one attached hydrogen (secondary N) is 1. The number of rotatable bonds is 6. The zero-order valence-corrected chi connectivity index (χ0v) is 24.8. The van der Waals surface area contributed by atoms with Crippen molar-refractivity contribution in [2.75, 3.05) is 16.2 Å². The van der Waals surface area contributed by atoms with Crippen LogP contribution in [0.1, 0.15) is 42.3 Å². The highest BCUT2D eigenvalue weighted by Crippen LogP contribution is 2.47. The molecule has 1 heterocycles. The Balaban J connectivity index is 1.37. The van der Waals surface area contributed by atoms with Gasteiger partial charge in [-0.15, -0.1) is 0 Å². The second-order valence-electron chi connectivity index (χ2n) is 10.7. The third-order valence-corrected chi connectivity index (χ3v) is 9.38. The molecule has 9 heteroatoms. The number of carbonyl (C=O) groups is 2. The van der Waals surface area contributed by atoms with E-state index in [1.165, 1.54) is 12.1 Å². The summed E-state index contributed by atoms with van der Waals surface area (Å²) in [5, 5.41) is 0. The Labute approximate surface area is 244 Å². The predicted octanol–water partition coefficient (Wildman–Crippen LogP) is 7.08. The molecule has 7 nitrogen and oxygen atoms in total. The van der Waals surface area contributed by atoms with Gasteiger partial charge in [0.15, 0.2) is 6.61 Å². The highest BCUT2D eigenvalue weighted by atomic mass is 32.2. The molecule has 0 atom stereocenters. The summed E-state index contributed by atoms with van der Waals surface area (Å²) >= 11 is 1.57. The molecule has 1 aliphatic heterocycles. The van der Waals surface area contributed by atoms with Crippen molar-refractivity contribution >= 4 is 50.7 Å². The fraction of sp³-hybridized carbons (Fsp3) is 0.188. The molecule has 0 aromatic heterocycles. The van der Waals surface area contributed by atoms with E-state index in [1.54, 1.807) is 47.9 Å². The summed E-state index contributed by atoms with van der Waals surface area (Å²) in [5.41, 5.74) is 2.68. The molecule has 41 heavy (non-hydrogen) atoms. The van der Waals surface area contributed by atoms with Crippen LogP contribution in [0.5, 0.6) is 0 Å². The first kappa shape index (κ1) is 28.4. The van der Waals surface area contributed by atoms with Crippen LogP contribution in [0.4, 0.5) is 17.1 Å². The Bertz CT molecular complexity index is 1710. The van der Waals surface area contributed by atoms with Crippen molar-refractivity contribution in [2.24, 2.45) is 0 Å². The van der Waals surface area contributed by atoms with Crippen LogP contribution in [0.15, 0.2) is 106 Å². The van der Waals surface area contributed by atoms with E-state index in [2.05, 4.69) is 4.72 Å². The smallest absolute Gasteiger partial charge is 0.340 e. The summed E-state index contributed by atoms with van der Waals surface area (Å²) in [6.07, 6.45) is 0. The van der Waals surface area contributed by atoms with E-state index in [0.29, 0.717) is 16.9 Å². The number of aryl methyl sites for hydroxylation is 1. The van der Waals surface area contributed by atoms with Gasteiger partial charge in [-0.2, -0.15) is 0 Å². The van der Waals surface area contributed by atoms with Crippen molar-refractivity contribution in [1.82, 2.24) is 0 Å². The molecule has 1 N–H and O–H groups in total. The van der Waals surface area contributed by atoms with Gasteiger partial charge < -0.3 is 4.74 Å². The Morgan fingerprint density at radius 1 is 0.854 bits per heavy atom. The molecule has 1 aliphatic rings. The number of carbonyl (C=O) groups excluding carboxylic acids is 2. The van der Waals surface area contributed by atoms with Gasteiger partial charge in [0.1, 0.15) is 0 Å². The first-order valence-electron chi connectivity index (χ1n) is 13.0. The van der Waals surface area contributed by atoms with Gasteiger partial charge in [0.2, 0.25) is 0 Å². The summed E-state index contributed by atoms with van der Waals surface area (Å²) in [7, 11) is -4.03. The van der Waals surface area contributed by atoms with Crippen LogP contribution < -0.4 is 9.62 Å². The van der Waals surface area contributed by atoms with Crippen molar-refractivity contribution in [2.45, 2.75) is 47.8 Å². The van der Waals surface area contributed by atoms with E-state index in [0.717, 1.165) is 15.4 Å². The minimum Gasteiger partial charge on any atom is -0.452 e. The third kappa shape index (κ3) is 5.87. The minimum absolute atomic E-state index is 0.00324. The standard InChI is InChI=1S/C32H30N2O5S2/c1-21-17-18-22(32(2,3)4)19-29(21)41(37,38)33-24-12-6-5-11-23(24)31(36)39-20-30(35)34-25-13-7-9-15-27(25)40-28-16-10-8-14-26(28)34/h5-19,33H,20H2,1-4H3. The molecule has 0 aliphatic carbocycles. The molecular formula is C32H30N2O5S2. The Morgan fingerprint density at radius 3 is 2.07 bits per heavy atom. The maximum atomic E-state index is 13.5. The zero-order chi connectivity index (χ0) is 29.4.